The fourth-order valence-corrected chi connectivity index (χ4v) is 6.67. The highest BCUT2D eigenvalue weighted by atomic mass is 16.7. The maximum absolute atomic E-state index is 14.0. The van der Waals surface area contributed by atoms with Crippen LogP contribution in [0.1, 0.15) is 69.7 Å². The van der Waals surface area contributed by atoms with Crippen LogP contribution in [0.4, 0.5) is 5.82 Å². The summed E-state index contributed by atoms with van der Waals surface area (Å²) in [7, 11) is 5.26. The van der Waals surface area contributed by atoms with Crippen LogP contribution in [0.15, 0.2) is 47.1 Å². The fraction of sp³-hybridized carbons (Fsp3) is 0.576. The fourth-order valence-electron chi connectivity index (χ4n) is 6.67. The number of nitrogens with zero attached hydrogens (tertiary/aromatic N) is 5. The van der Waals surface area contributed by atoms with Crippen LogP contribution >= 0.6 is 0 Å². The first kappa shape index (κ1) is 31.7. The van der Waals surface area contributed by atoms with Gasteiger partial charge in [0.1, 0.15) is 12.0 Å². The Morgan fingerprint density at radius 1 is 1.00 bits per heavy atom. The van der Waals surface area contributed by atoms with Gasteiger partial charge >= 0.3 is 0 Å². The molecule has 2 fully saturated rings. The summed E-state index contributed by atoms with van der Waals surface area (Å²) in [4.78, 5) is 31.5. The number of carbonyl (C=O) groups is 2. The van der Waals surface area contributed by atoms with Gasteiger partial charge in [-0.25, -0.2) is 0 Å². The van der Waals surface area contributed by atoms with E-state index in [0.29, 0.717) is 24.6 Å². The molecule has 0 radical (unpaired) electrons. The van der Waals surface area contributed by atoms with Crippen LogP contribution in [0.25, 0.3) is 11.3 Å². The average Bonchev–Trinajstić information content (AvgIpc) is 3.80. The van der Waals surface area contributed by atoms with E-state index in [1.807, 2.05) is 68.9 Å². The highest BCUT2D eigenvalue weighted by Crippen LogP contribution is 2.34. The minimum absolute atomic E-state index is 0.0284. The molecule has 2 aliphatic rings. The van der Waals surface area contributed by atoms with Crippen LogP contribution in [0.3, 0.4) is 0 Å². The highest BCUT2D eigenvalue weighted by molar-refractivity contribution is 5.91. The zero-order valence-corrected chi connectivity index (χ0v) is 26.7. The van der Waals surface area contributed by atoms with Crippen molar-refractivity contribution < 1.29 is 23.6 Å². The van der Waals surface area contributed by atoms with E-state index < -0.39 is 12.0 Å². The summed E-state index contributed by atoms with van der Waals surface area (Å²) in [5.74, 6) is 0.835. The van der Waals surface area contributed by atoms with E-state index in [-0.39, 0.29) is 30.1 Å². The van der Waals surface area contributed by atoms with E-state index in [1.165, 1.54) is 0 Å². The zero-order chi connectivity index (χ0) is 31.4. The summed E-state index contributed by atoms with van der Waals surface area (Å²) in [6.07, 6.45) is 4.81. The Morgan fingerprint density at radius 2 is 1.70 bits per heavy atom. The van der Waals surface area contributed by atoms with Gasteiger partial charge in [-0.1, -0.05) is 43.3 Å². The van der Waals surface area contributed by atoms with Crippen molar-refractivity contribution in [3.8, 4) is 11.3 Å². The molecule has 1 aromatic carbocycles. The summed E-state index contributed by atoms with van der Waals surface area (Å²) in [6.45, 7) is 8.14. The van der Waals surface area contributed by atoms with Gasteiger partial charge in [0, 0.05) is 59.1 Å². The van der Waals surface area contributed by atoms with E-state index in [1.54, 1.807) is 25.3 Å². The van der Waals surface area contributed by atoms with Crippen LogP contribution in [-0.2, 0) is 26.1 Å². The normalized spacial score (nSPS) is 19.1. The van der Waals surface area contributed by atoms with Crippen molar-refractivity contribution in [2.24, 2.45) is 18.9 Å². The first-order chi connectivity index (χ1) is 21.2. The second kappa shape index (κ2) is 13.9. The topological polar surface area (TPSA) is 115 Å². The molecule has 2 aliphatic heterocycles. The standard InChI is InChI=1S/C33H46N6O5/c1-21(2)30(28-20-29(36-44-28)38-18-14-25(15-19-38)33(42-5)43-6)32(41)39-17-7-8-27(39)31(40)35-22(3)23-9-11-24(12-10-23)26-13-16-34-37(26)4/h9-13,16,20-22,25,27,30,33H,7-8,14-15,17-19H2,1-6H3,(H,35,40)/t22?,27-,30?/m0/s1. The largest absolute Gasteiger partial charge is 0.358 e. The maximum atomic E-state index is 14.0. The number of ether oxygens (including phenoxy) is 2. The number of hydrogen-bond acceptors (Lipinski definition) is 8. The van der Waals surface area contributed by atoms with Gasteiger partial charge in [0.15, 0.2) is 17.9 Å². The van der Waals surface area contributed by atoms with Gasteiger partial charge in [0.05, 0.1) is 11.7 Å². The molecule has 3 aromatic rings. The minimum atomic E-state index is -0.523. The molecule has 44 heavy (non-hydrogen) atoms. The lowest BCUT2D eigenvalue weighted by Crippen LogP contribution is -2.48. The lowest BCUT2D eigenvalue weighted by Gasteiger charge is -2.34. The zero-order valence-electron chi connectivity index (χ0n) is 26.7. The van der Waals surface area contributed by atoms with E-state index in [2.05, 4.69) is 20.5 Å². The van der Waals surface area contributed by atoms with Gasteiger partial charge in [0.25, 0.3) is 0 Å². The van der Waals surface area contributed by atoms with Crippen molar-refractivity contribution in [2.75, 3.05) is 38.8 Å². The molecule has 2 aromatic heterocycles. The number of amides is 2. The Kier molecular flexibility index (Phi) is 10.1. The third-order valence-corrected chi connectivity index (χ3v) is 9.19. The lowest BCUT2D eigenvalue weighted by molar-refractivity contribution is -0.141. The van der Waals surface area contributed by atoms with Gasteiger partial charge in [-0.3, -0.25) is 14.3 Å². The predicted molar refractivity (Wildman–Crippen MR) is 167 cm³/mol. The third-order valence-electron chi connectivity index (χ3n) is 9.19. The van der Waals surface area contributed by atoms with Crippen molar-refractivity contribution in [2.45, 2.75) is 70.7 Å². The molecule has 1 N–H and O–H groups in total. The third kappa shape index (κ3) is 6.68. The SMILES string of the molecule is COC(OC)C1CCN(c2cc(C(C(=O)N3CCC[C@H]3C(=O)NC(C)c3ccc(-c4ccnn4C)cc3)C(C)C)on2)CC1. The van der Waals surface area contributed by atoms with E-state index in [0.717, 1.165) is 55.0 Å². The second-order valence-electron chi connectivity index (χ2n) is 12.4. The van der Waals surface area contributed by atoms with Crippen molar-refractivity contribution in [1.82, 2.24) is 25.2 Å². The van der Waals surface area contributed by atoms with E-state index in [4.69, 9.17) is 14.0 Å². The first-order valence-corrected chi connectivity index (χ1v) is 15.7. The smallest absolute Gasteiger partial charge is 0.243 e. The molecule has 3 atom stereocenters. The Labute approximate surface area is 259 Å². The van der Waals surface area contributed by atoms with Gasteiger partial charge in [0.2, 0.25) is 11.8 Å². The van der Waals surface area contributed by atoms with Gasteiger partial charge in [-0.05, 0) is 55.7 Å². The number of rotatable bonds is 11. The molecule has 11 heteroatoms. The number of benzene rings is 1. The number of piperidine rings is 1. The van der Waals surface area contributed by atoms with Crippen LogP contribution in [0.5, 0.6) is 0 Å². The van der Waals surface area contributed by atoms with Gasteiger partial charge in [-0.15, -0.1) is 0 Å². The maximum Gasteiger partial charge on any atom is 0.243 e. The van der Waals surface area contributed by atoms with Crippen molar-refractivity contribution in [3.05, 3.63) is 53.9 Å². The molecule has 5 rings (SSSR count). The van der Waals surface area contributed by atoms with Crippen LogP contribution in [-0.4, -0.2) is 77.8 Å². The number of nitrogens with one attached hydrogen (secondary N) is 1. The number of methoxy groups -OCH3 is 2. The summed E-state index contributed by atoms with van der Waals surface area (Å²) < 4.78 is 18.6. The Morgan fingerprint density at radius 3 is 2.32 bits per heavy atom. The number of anilines is 1. The quantitative estimate of drug-likeness (QED) is 0.317. The lowest BCUT2D eigenvalue weighted by atomic mass is 9.91. The van der Waals surface area contributed by atoms with Crippen LogP contribution in [0, 0.1) is 11.8 Å². The molecular formula is C33H46N6O5. The molecule has 238 valence electrons. The minimum Gasteiger partial charge on any atom is -0.358 e. The highest BCUT2D eigenvalue weighted by Gasteiger charge is 2.40. The van der Waals surface area contributed by atoms with Gasteiger partial charge in [-0.2, -0.15) is 5.10 Å². The molecule has 0 saturated carbocycles. The molecule has 4 heterocycles. The molecule has 0 spiro atoms. The monoisotopic (exact) mass is 606 g/mol. The van der Waals surface area contributed by atoms with Crippen LogP contribution in [0.2, 0.25) is 0 Å². The number of carbonyl (C=O) groups excluding carboxylic acids is 2. The number of likely N-dealkylation sites (tertiary alicyclic amines) is 1. The predicted octanol–water partition coefficient (Wildman–Crippen LogP) is 4.52. The average molecular weight is 607 g/mol. The molecule has 2 unspecified atom stereocenters. The van der Waals surface area contributed by atoms with Crippen LogP contribution < -0.4 is 10.2 Å². The second-order valence-corrected chi connectivity index (χ2v) is 12.4. The molecular weight excluding hydrogens is 560 g/mol. The summed E-state index contributed by atoms with van der Waals surface area (Å²) in [5, 5.41) is 11.7. The first-order valence-electron chi connectivity index (χ1n) is 15.7. The molecule has 2 amide bonds. The summed E-state index contributed by atoms with van der Waals surface area (Å²) in [5.41, 5.74) is 3.09. The molecule has 11 nitrogen and oxygen atoms in total. The molecule has 0 aliphatic carbocycles. The number of aryl methyl sites for hydroxylation is 1. The summed E-state index contributed by atoms with van der Waals surface area (Å²) in [6, 6.07) is 11.3. The Hall–Kier alpha value is -3.70. The molecule has 0 bridgehead atoms. The number of aromatic nitrogens is 3. The Bertz CT molecular complexity index is 1390. The van der Waals surface area contributed by atoms with E-state index >= 15 is 0 Å². The van der Waals surface area contributed by atoms with Crippen molar-refractivity contribution in [3.63, 3.8) is 0 Å². The van der Waals surface area contributed by atoms with E-state index in [9.17, 15) is 9.59 Å². The van der Waals surface area contributed by atoms with Crippen molar-refractivity contribution in [1.29, 1.82) is 0 Å². The molecule has 2 saturated heterocycles. The van der Waals surface area contributed by atoms with Crippen molar-refractivity contribution >= 4 is 17.6 Å². The number of hydrogen-bond donors (Lipinski definition) is 1. The summed E-state index contributed by atoms with van der Waals surface area (Å²) >= 11 is 0. The Balaban J connectivity index is 1.22. The van der Waals surface area contributed by atoms with Gasteiger partial charge < -0.3 is 29.1 Å².